The first-order valence-electron chi connectivity index (χ1n) is 5.28. The molecule has 0 radical (unpaired) electrons. The van der Waals surface area contributed by atoms with E-state index in [1.54, 1.807) is 24.0 Å². The van der Waals surface area contributed by atoms with Crippen molar-refractivity contribution in [2.24, 2.45) is 7.05 Å². The Hall–Kier alpha value is -2.30. The summed E-state index contributed by atoms with van der Waals surface area (Å²) in [5.41, 5.74) is 1.87. The molecule has 1 aromatic heterocycles. The number of hydrogen-bond acceptors (Lipinski definition) is 2. The Balaban J connectivity index is 2.01. The minimum absolute atomic E-state index is 0.279. The Kier molecular flexibility index (Phi) is 3.09. The van der Waals surface area contributed by atoms with Crippen molar-refractivity contribution < 1.29 is 4.79 Å². The van der Waals surface area contributed by atoms with Crippen molar-refractivity contribution in [1.82, 2.24) is 9.78 Å². The van der Waals surface area contributed by atoms with Crippen molar-refractivity contribution in [1.29, 1.82) is 0 Å². The van der Waals surface area contributed by atoms with Gasteiger partial charge in [-0.3, -0.25) is 10.00 Å². The predicted molar refractivity (Wildman–Crippen MR) is 67.0 cm³/mol. The summed E-state index contributed by atoms with van der Waals surface area (Å²) in [6.07, 6.45) is 1.63. The summed E-state index contributed by atoms with van der Waals surface area (Å²) in [7, 11) is 1.77. The first-order chi connectivity index (χ1) is 8.15. The van der Waals surface area contributed by atoms with Gasteiger partial charge in [0, 0.05) is 18.8 Å². The fourth-order valence-electron chi connectivity index (χ4n) is 1.50. The van der Waals surface area contributed by atoms with Crippen LogP contribution in [0.1, 0.15) is 5.56 Å². The second-order valence-electron chi connectivity index (χ2n) is 3.79. The van der Waals surface area contributed by atoms with E-state index < -0.39 is 0 Å². The molecule has 0 unspecified atom stereocenters. The molecule has 17 heavy (non-hydrogen) atoms. The second kappa shape index (κ2) is 4.69. The normalized spacial score (nSPS) is 10.0. The van der Waals surface area contributed by atoms with Crippen LogP contribution >= 0.6 is 0 Å². The quantitative estimate of drug-likeness (QED) is 0.832. The third-order valence-corrected chi connectivity index (χ3v) is 2.34. The molecule has 0 atom stereocenters. The number of amides is 2. The van der Waals surface area contributed by atoms with Crippen LogP contribution in [0.15, 0.2) is 36.5 Å². The maximum absolute atomic E-state index is 11.7. The summed E-state index contributed by atoms with van der Waals surface area (Å²) in [5, 5.41) is 9.43. The zero-order chi connectivity index (χ0) is 12.3. The Labute approximate surface area is 99.5 Å². The largest absolute Gasteiger partial charge is 0.324 e. The van der Waals surface area contributed by atoms with Crippen molar-refractivity contribution in [3.8, 4) is 0 Å². The van der Waals surface area contributed by atoms with Gasteiger partial charge in [0.25, 0.3) is 0 Å². The van der Waals surface area contributed by atoms with Gasteiger partial charge in [0.15, 0.2) is 0 Å². The summed E-state index contributed by atoms with van der Waals surface area (Å²) >= 11 is 0. The SMILES string of the molecule is Cc1cccc(NC(=O)Nc2ccnn2C)c1. The van der Waals surface area contributed by atoms with E-state index in [4.69, 9.17) is 0 Å². The van der Waals surface area contributed by atoms with Gasteiger partial charge in [-0.2, -0.15) is 5.10 Å². The van der Waals surface area contributed by atoms with Gasteiger partial charge in [-0.25, -0.2) is 4.79 Å². The molecular weight excluding hydrogens is 216 g/mol. The zero-order valence-corrected chi connectivity index (χ0v) is 9.77. The minimum atomic E-state index is -0.279. The fraction of sp³-hybridized carbons (Fsp3) is 0.167. The van der Waals surface area contributed by atoms with Crippen LogP contribution in [0.25, 0.3) is 0 Å². The maximum atomic E-state index is 11.7. The Bertz CT molecular complexity index is 533. The van der Waals surface area contributed by atoms with Crippen LogP contribution in [0.4, 0.5) is 16.3 Å². The first kappa shape index (κ1) is 11.2. The Morgan fingerprint density at radius 3 is 2.76 bits per heavy atom. The third-order valence-electron chi connectivity index (χ3n) is 2.34. The van der Waals surface area contributed by atoms with Crippen LogP contribution in [0.3, 0.4) is 0 Å². The number of carbonyl (C=O) groups excluding carboxylic acids is 1. The highest BCUT2D eigenvalue weighted by Crippen LogP contribution is 2.10. The van der Waals surface area contributed by atoms with E-state index >= 15 is 0 Å². The molecule has 0 saturated carbocycles. The smallest absolute Gasteiger partial charge is 0.308 e. The van der Waals surface area contributed by atoms with Gasteiger partial charge in [0.2, 0.25) is 0 Å². The molecule has 5 nitrogen and oxygen atoms in total. The minimum Gasteiger partial charge on any atom is -0.308 e. The van der Waals surface area contributed by atoms with E-state index in [0.717, 1.165) is 11.3 Å². The zero-order valence-electron chi connectivity index (χ0n) is 9.77. The number of hydrogen-bond donors (Lipinski definition) is 2. The molecule has 0 saturated heterocycles. The number of aryl methyl sites for hydroxylation is 2. The number of benzene rings is 1. The Morgan fingerprint density at radius 1 is 1.29 bits per heavy atom. The molecule has 1 aromatic carbocycles. The highest BCUT2D eigenvalue weighted by Gasteiger charge is 2.04. The van der Waals surface area contributed by atoms with E-state index in [0.29, 0.717) is 5.82 Å². The summed E-state index contributed by atoms with van der Waals surface area (Å²) in [6.45, 7) is 1.98. The predicted octanol–water partition coefficient (Wildman–Crippen LogP) is 2.37. The molecule has 0 bridgehead atoms. The molecule has 1 heterocycles. The standard InChI is InChI=1S/C12H14N4O/c1-9-4-3-5-10(8-9)14-12(17)15-11-6-7-13-16(11)2/h3-8H,1-2H3,(H2,14,15,17). The first-order valence-corrected chi connectivity index (χ1v) is 5.28. The Morgan fingerprint density at radius 2 is 2.12 bits per heavy atom. The lowest BCUT2D eigenvalue weighted by Crippen LogP contribution is -2.21. The number of nitrogens with one attached hydrogen (secondary N) is 2. The van der Waals surface area contributed by atoms with E-state index in [9.17, 15) is 4.79 Å². The van der Waals surface area contributed by atoms with Crippen molar-refractivity contribution in [2.75, 3.05) is 10.6 Å². The molecule has 0 aliphatic heterocycles. The van der Waals surface area contributed by atoms with Gasteiger partial charge in [0.1, 0.15) is 5.82 Å². The average molecular weight is 230 g/mol. The lowest BCUT2D eigenvalue weighted by atomic mass is 10.2. The summed E-state index contributed by atoms with van der Waals surface area (Å²) in [6, 6.07) is 9.08. The number of urea groups is 1. The van der Waals surface area contributed by atoms with Crippen LogP contribution in [-0.2, 0) is 7.05 Å². The number of aromatic nitrogens is 2. The van der Waals surface area contributed by atoms with Crippen molar-refractivity contribution in [3.63, 3.8) is 0 Å². The monoisotopic (exact) mass is 230 g/mol. The van der Waals surface area contributed by atoms with Gasteiger partial charge in [-0.05, 0) is 24.6 Å². The molecule has 0 aliphatic carbocycles. The molecule has 5 heteroatoms. The van der Waals surface area contributed by atoms with Crippen LogP contribution in [0.2, 0.25) is 0 Å². The van der Waals surface area contributed by atoms with Gasteiger partial charge >= 0.3 is 6.03 Å². The van der Waals surface area contributed by atoms with E-state index in [2.05, 4.69) is 15.7 Å². The number of nitrogens with zero attached hydrogens (tertiary/aromatic N) is 2. The molecule has 0 spiro atoms. The lowest BCUT2D eigenvalue weighted by molar-refractivity contribution is 0.262. The third kappa shape index (κ3) is 2.84. The number of rotatable bonds is 2. The molecule has 0 fully saturated rings. The molecular formula is C12H14N4O. The second-order valence-corrected chi connectivity index (χ2v) is 3.79. The lowest BCUT2D eigenvalue weighted by Gasteiger charge is -2.07. The van der Waals surface area contributed by atoms with Gasteiger partial charge in [0.05, 0.1) is 6.20 Å². The molecule has 0 aliphatic rings. The maximum Gasteiger partial charge on any atom is 0.324 e. The molecule has 2 aromatic rings. The number of anilines is 2. The highest BCUT2D eigenvalue weighted by atomic mass is 16.2. The van der Waals surface area contributed by atoms with Crippen molar-refractivity contribution >= 4 is 17.5 Å². The van der Waals surface area contributed by atoms with Crippen LogP contribution < -0.4 is 10.6 Å². The fourth-order valence-corrected chi connectivity index (χ4v) is 1.50. The van der Waals surface area contributed by atoms with E-state index in [1.807, 2.05) is 31.2 Å². The summed E-state index contributed by atoms with van der Waals surface area (Å²) in [5.74, 6) is 0.648. The van der Waals surface area contributed by atoms with E-state index in [1.165, 1.54) is 0 Å². The van der Waals surface area contributed by atoms with Gasteiger partial charge in [-0.15, -0.1) is 0 Å². The molecule has 2 amide bonds. The van der Waals surface area contributed by atoms with Crippen molar-refractivity contribution in [3.05, 3.63) is 42.1 Å². The molecule has 88 valence electrons. The van der Waals surface area contributed by atoms with E-state index in [-0.39, 0.29) is 6.03 Å². The van der Waals surface area contributed by atoms with Gasteiger partial charge in [-0.1, -0.05) is 12.1 Å². The van der Waals surface area contributed by atoms with Crippen LogP contribution in [-0.4, -0.2) is 15.8 Å². The highest BCUT2D eigenvalue weighted by molar-refractivity contribution is 5.99. The summed E-state index contributed by atoms with van der Waals surface area (Å²) < 4.78 is 1.59. The summed E-state index contributed by atoms with van der Waals surface area (Å²) in [4.78, 5) is 11.7. The van der Waals surface area contributed by atoms with Gasteiger partial charge < -0.3 is 5.32 Å². The topological polar surface area (TPSA) is 59.0 Å². The average Bonchev–Trinajstić information content (AvgIpc) is 2.64. The van der Waals surface area contributed by atoms with Crippen LogP contribution in [0, 0.1) is 6.92 Å². The molecule has 2 rings (SSSR count). The van der Waals surface area contributed by atoms with Crippen molar-refractivity contribution in [2.45, 2.75) is 6.92 Å². The number of carbonyl (C=O) groups is 1. The van der Waals surface area contributed by atoms with Crippen LogP contribution in [0.5, 0.6) is 0 Å². The molecule has 2 N–H and O–H groups in total.